The van der Waals surface area contributed by atoms with Gasteiger partial charge in [-0.15, -0.1) is 0 Å². The molecule has 0 aliphatic carbocycles. The molecule has 2 heterocycles. The summed E-state index contributed by atoms with van der Waals surface area (Å²) >= 11 is 20.6. The summed E-state index contributed by atoms with van der Waals surface area (Å²) in [6.07, 6.45) is 2.40. The molecule has 2 aromatic heterocycles. The third-order valence-electron chi connectivity index (χ3n) is 5.51. The average molecular weight is 551 g/mol. The number of aromatic nitrogens is 4. The van der Waals surface area contributed by atoms with Crippen molar-refractivity contribution < 1.29 is 4.74 Å². The van der Waals surface area contributed by atoms with Gasteiger partial charge in [0.05, 0.1) is 27.2 Å². The number of nitrogens with two attached hydrogens (primary N) is 1. The minimum absolute atomic E-state index is 0.0635. The number of hydrogen-bond donors (Lipinski definition) is 1. The Balaban J connectivity index is 1.74. The van der Waals surface area contributed by atoms with E-state index in [4.69, 9.17) is 60.3 Å². The van der Waals surface area contributed by atoms with E-state index in [1.54, 1.807) is 16.8 Å². The standard InChI is InChI=1S/C25H26Cl3N5OS/c1-3-34-18(11-16-7-5-4-6-8-16)9-10-21-22-24(31-15(2)30-21)33(32-25(22)35-14-29)23-19(27)12-17(26)13-20(23)28/h4-8,12-13,18H,3,9-11,14,29H2,1-2H3. The zero-order valence-corrected chi connectivity index (χ0v) is 22.6. The van der Waals surface area contributed by atoms with Gasteiger partial charge in [0.15, 0.2) is 5.65 Å². The van der Waals surface area contributed by atoms with Crippen LogP contribution in [0.5, 0.6) is 0 Å². The molecular formula is C25H26Cl3N5OS. The predicted molar refractivity (Wildman–Crippen MR) is 145 cm³/mol. The number of hydrogen-bond acceptors (Lipinski definition) is 6. The van der Waals surface area contributed by atoms with E-state index >= 15 is 0 Å². The molecule has 2 N–H and O–H groups in total. The van der Waals surface area contributed by atoms with Gasteiger partial charge >= 0.3 is 0 Å². The van der Waals surface area contributed by atoms with Crippen molar-refractivity contribution in [2.75, 3.05) is 12.5 Å². The van der Waals surface area contributed by atoms with Crippen LogP contribution in [0.2, 0.25) is 15.1 Å². The van der Waals surface area contributed by atoms with E-state index < -0.39 is 0 Å². The van der Waals surface area contributed by atoms with Crippen LogP contribution in [0.3, 0.4) is 0 Å². The van der Waals surface area contributed by atoms with Crippen molar-refractivity contribution in [3.63, 3.8) is 0 Å². The van der Waals surface area contributed by atoms with Gasteiger partial charge in [-0.25, -0.2) is 14.6 Å². The molecule has 4 aromatic rings. The molecule has 0 amide bonds. The van der Waals surface area contributed by atoms with Crippen LogP contribution < -0.4 is 5.73 Å². The Labute approximate surface area is 224 Å². The number of nitrogens with zero attached hydrogens (tertiary/aromatic N) is 4. The quantitative estimate of drug-likeness (QED) is 0.175. The fourth-order valence-corrected chi connectivity index (χ4v) is 5.71. The lowest BCUT2D eigenvalue weighted by Gasteiger charge is -2.17. The highest BCUT2D eigenvalue weighted by Gasteiger charge is 2.23. The largest absolute Gasteiger partial charge is 0.378 e. The molecule has 4 rings (SSSR count). The molecule has 0 aliphatic heterocycles. The summed E-state index contributed by atoms with van der Waals surface area (Å²) in [6, 6.07) is 13.6. The van der Waals surface area contributed by atoms with E-state index in [-0.39, 0.29) is 6.10 Å². The zero-order chi connectivity index (χ0) is 24.9. The Kier molecular flexibility index (Phi) is 8.92. The van der Waals surface area contributed by atoms with Crippen molar-refractivity contribution in [2.24, 2.45) is 5.73 Å². The maximum Gasteiger partial charge on any atom is 0.168 e. The number of rotatable bonds is 10. The summed E-state index contributed by atoms with van der Waals surface area (Å²) in [5, 5.41) is 7.58. The van der Waals surface area contributed by atoms with E-state index in [0.717, 1.165) is 28.9 Å². The van der Waals surface area contributed by atoms with Gasteiger partial charge in [-0.1, -0.05) is 76.9 Å². The summed E-state index contributed by atoms with van der Waals surface area (Å²) in [5.74, 6) is 0.993. The highest BCUT2D eigenvalue weighted by molar-refractivity contribution is 7.99. The van der Waals surface area contributed by atoms with E-state index in [2.05, 4.69) is 12.1 Å². The number of benzene rings is 2. The van der Waals surface area contributed by atoms with Crippen LogP contribution in [0.4, 0.5) is 0 Å². The highest BCUT2D eigenvalue weighted by atomic mass is 35.5. The normalized spacial score (nSPS) is 12.4. The lowest BCUT2D eigenvalue weighted by atomic mass is 10.0. The van der Waals surface area contributed by atoms with Crippen LogP contribution in [0, 0.1) is 6.92 Å². The molecule has 1 atom stereocenters. The zero-order valence-electron chi connectivity index (χ0n) is 19.5. The van der Waals surface area contributed by atoms with Gasteiger partial charge in [0, 0.05) is 17.5 Å². The molecule has 184 valence electrons. The molecule has 0 spiro atoms. The predicted octanol–water partition coefficient (Wildman–Crippen LogP) is 6.67. The SMILES string of the molecule is CCOC(CCc1nc(C)nc2c1c(SCN)nn2-c1c(Cl)cc(Cl)cc1Cl)Cc1ccccc1. The summed E-state index contributed by atoms with van der Waals surface area (Å²) in [5.41, 5.74) is 9.18. The molecule has 1 unspecified atom stereocenters. The molecule has 0 saturated carbocycles. The van der Waals surface area contributed by atoms with Crippen molar-refractivity contribution in [2.45, 2.75) is 44.2 Å². The lowest BCUT2D eigenvalue weighted by Crippen LogP contribution is -2.18. The second kappa shape index (κ2) is 11.9. The Hall–Kier alpha value is -1.87. The van der Waals surface area contributed by atoms with E-state index in [1.807, 2.05) is 32.0 Å². The molecule has 0 saturated heterocycles. The minimum atomic E-state index is 0.0635. The summed E-state index contributed by atoms with van der Waals surface area (Å²) in [6.45, 7) is 4.53. The Morgan fingerprint density at radius 2 is 1.80 bits per heavy atom. The van der Waals surface area contributed by atoms with E-state index in [1.165, 1.54) is 17.3 Å². The summed E-state index contributed by atoms with van der Waals surface area (Å²) in [4.78, 5) is 9.49. The van der Waals surface area contributed by atoms with E-state index in [0.29, 0.717) is 51.1 Å². The van der Waals surface area contributed by atoms with E-state index in [9.17, 15) is 0 Å². The van der Waals surface area contributed by atoms with Gasteiger partial charge in [0.2, 0.25) is 0 Å². The van der Waals surface area contributed by atoms with Crippen LogP contribution in [-0.2, 0) is 17.6 Å². The van der Waals surface area contributed by atoms with Gasteiger partial charge in [0.25, 0.3) is 0 Å². The van der Waals surface area contributed by atoms with Crippen LogP contribution in [0.15, 0.2) is 47.5 Å². The number of fused-ring (bicyclic) bond motifs is 1. The maximum atomic E-state index is 6.53. The number of halogens is 3. The molecule has 0 aliphatic rings. The first-order chi connectivity index (χ1) is 16.9. The second-order valence-corrected chi connectivity index (χ2v) is 10.2. The second-order valence-electron chi connectivity index (χ2n) is 7.97. The Bertz CT molecular complexity index is 1290. The van der Waals surface area contributed by atoms with Crippen molar-refractivity contribution >= 4 is 57.6 Å². The van der Waals surface area contributed by atoms with Crippen LogP contribution in [0.25, 0.3) is 16.7 Å². The lowest BCUT2D eigenvalue weighted by molar-refractivity contribution is 0.0572. The third kappa shape index (κ3) is 6.10. The third-order valence-corrected chi connectivity index (χ3v) is 7.03. The van der Waals surface area contributed by atoms with Crippen molar-refractivity contribution in [1.29, 1.82) is 0 Å². The minimum Gasteiger partial charge on any atom is -0.378 e. The van der Waals surface area contributed by atoms with Gasteiger partial charge in [0.1, 0.15) is 16.5 Å². The monoisotopic (exact) mass is 549 g/mol. The molecule has 0 radical (unpaired) electrons. The highest BCUT2D eigenvalue weighted by Crippen LogP contribution is 2.37. The number of thioether (sulfide) groups is 1. The molecule has 35 heavy (non-hydrogen) atoms. The molecule has 10 heteroatoms. The topological polar surface area (TPSA) is 78.8 Å². The molecule has 6 nitrogen and oxygen atoms in total. The summed E-state index contributed by atoms with van der Waals surface area (Å²) in [7, 11) is 0. The Morgan fingerprint density at radius 3 is 2.46 bits per heavy atom. The maximum absolute atomic E-state index is 6.53. The molecule has 0 fully saturated rings. The first kappa shape index (κ1) is 26.2. The summed E-state index contributed by atoms with van der Waals surface area (Å²) < 4.78 is 7.73. The van der Waals surface area contributed by atoms with Crippen LogP contribution in [0.1, 0.15) is 30.4 Å². The smallest absolute Gasteiger partial charge is 0.168 e. The first-order valence-corrected chi connectivity index (χ1v) is 13.4. The molecular weight excluding hydrogens is 525 g/mol. The van der Waals surface area contributed by atoms with Crippen molar-refractivity contribution in [1.82, 2.24) is 19.7 Å². The van der Waals surface area contributed by atoms with Crippen LogP contribution >= 0.6 is 46.6 Å². The van der Waals surface area contributed by atoms with Gasteiger partial charge in [-0.3, -0.25) is 0 Å². The average Bonchev–Trinajstić information content (AvgIpc) is 3.15. The van der Waals surface area contributed by atoms with Gasteiger partial charge in [-0.2, -0.15) is 5.10 Å². The molecule has 2 aromatic carbocycles. The molecule has 0 bridgehead atoms. The van der Waals surface area contributed by atoms with Crippen LogP contribution in [-0.4, -0.2) is 38.3 Å². The van der Waals surface area contributed by atoms with Gasteiger partial charge < -0.3 is 10.5 Å². The fraction of sp³-hybridized carbons (Fsp3) is 0.320. The Morgan fingerprint density at radius 1 is 1.09 bits per heavy atom. The fourth-order valence-electron chi connectivity index (χ4n) is 4.08. The number of ether oxygens (including phenoxy) is 1. The van der Waals surface area contributed by atoms with Crippen molar-refractivity contribution in [3.05, 3.63) is 74.6 Å². The first-order valence-electron chi connectivity index (χ1n) is 11.3. The number of aryl methyl sites for hydroxylation is 2. The van der Waals surface area contributed by atoms with Crippen molar-refractivity contribution in [3.8, 4) is 5.69 Å². The van der Waals surface area contributed by atoms with Gasteiger partial charge in [-0.05, 0) is 50.8 Å².